The molecule has 4 nitrogen and oxygen atoms in total. The van der Waals surface area contributed by atoms with Crippen molar-refractivity contribution in [2.24, 2.45) is 0 Å². The zero-order valence-corrected chi connectivity index (χ0v) is 9.77. The minimum absolute atomic E-state index is 0.0410. The first-order valence-electron chi connectivity index (χ1n) is 5.20. The van der Waals surface area contributed by atoms with E-state index in [9.17, 15) is 9.18 Å². The van der Waals surface area contributed by atoms with Crippen molar-refractivity contribution in [1.82, 2.24) is 0 Å². The highest BCUT2D eigenvalue weighted by Gasteiger charge is 2.41. The van der Waals surface area contributed by atoms with Crippen LogP contribution in [0.3, 0.4) is 0 Å². The largest absolute Gasteiger partial charge is 0.497 e. The lowest BCUT2D eigenvalue weighted by molar-refractivity contribution is -0.161. The molecular weight excluding hydrogens is 227 g/mol. The van der Waals surface area contributed by atoms with Gasteiger partial charge in [0.05, 0.1) is 20.3 Å². The van der Waals surface area contributed by atoms with Crippen molar-refractivity contribution in [1.29, 1.82) is 0 Å². The second-order valence-electron chi connectivity index (χ2n) is 3.41. The standard InChI is InChI=1S/C12H15FO4/c1-3-17-11(15)12(13,8-14)9-4-6-10(16-2)7-5-9/h4-7,14H,3,8H2,1-2H3. The van der Waals surface area contributed by atoms with Crippen molar-refractivity contribution in [3.63, 3.8) is 0 Å². The Hall–Kier alpha value is -1.62. The summed E-state index contributed by atoms with van der Waals surface area (Å²) in [5, 5.41) is 9.06. The van der Waals surface area contributed by atoms with E-state index in [1.54, 1.807) is 6.92 Å². The summed E-state index contributed by atoms with van der Waals surface area (Å²) in [7, 11) is 1.48. The Morgan fingerprint density at radius 3 is 2.41 bits per heavy atom. The summed E-state index contributed by atoms with van der Waals surface area (Å²) in [4.78, 5) is 11.5. The SMILES string of the molecule is CCOC(=O)C(F)(CO)c1ccc(OC)cc1. The van der Waals surface area contributed by atoms with Gasteiger partial charge in [-0.25, -0.2) is 9.18 Å². The quantitative estimate of drug-likeness (QED) is 0.793. The van der Waals surface area contributed by atoms with Crippen molar-refractivity contribution in [2.45, 2.75) is 12.6 Å². The monoisotopic (exact) mass is 242 g/mol. The highest BCUT2D eigenvalue weighted by molar-refractivity contribution is 5.81. The van der Waals surface area contributed by atoms with Gasteiger partial charge >= 0.3 is 5.97 Å². The molecule has 1 unspecified atom stereocenters. The lowest BCUT2D eigenvalue weighted by atomic mass is 9.96. The molecule has 1 aromatic rings. The molecule has 0 saturated heterocycles. The van der Waals surface area contributed by atoms with Crippen LogP contribution in [0.5, 0.6) is 5.75 Å². The predicted octanol–water partition coefficient (Wildman–Crippen LogP) is 1.42. The lowest BCUT2D eigenvalue weighted by Crippen LogP contribution is -2.36. The fourth-order valence-electron chi connectivity index (χ4n) is 1.37. The first-order valence-corrected chi connectivity index (χ1v) is 5.20. The van der Waals surface area contributed by atoms with Crippen molar-refractivity contribution in [3.05, 3.63) is 29.8 Å². The van der Waals surface area contributed by atoms with E-state index in [0.717, 1.165) is 0 Å². The molecule has 94 valence electrons. The van der Waals surface area contributed by atoms with E-state index < -0.39 is 18.2 Å². The number of halogens is 1. The number of hydrogen-bond acceptors (Lipinski definition) is 4. The van der Waals surface area contributed by atoms with Gasteiger partial charge in [-0.05, 0) is 19.1 Å². The van der Waals surface area contributed by atoms with Crippen LogP contribution in [0.4, 0.5) is 4.39 Å². The maximum absolute atomic E-state index is 14.3. The molecule has 1 rings (SSSR count). The second-order valence-corrected chi connectivity index (χ2v) is 3.41. The average molecular weight is 242 g/mol. The van der Waals surface area contributed by atoms with Gasteiger partial charge in [-0.15, -0.1) is 0 Å². The number of aliphatic hydroxyl groups excluding tert-OH is 1. The molecule has 0 fully saturated rings. The summed E-state index contributed by atoms with van der Waals surface area (Å²) in [6.07, 6.45) is 0. The molecule has 0 aliphatic rings. The number of methoxy groups -OCH3 is 1. The van der Waals surface area contributed by atoms with E-state index in [1.807, 2.05) is 0 Å². The molecule has 1 atom stereocenters. The van der Waals surface area contributed by atoms with Crippen LogP contribution in [0.1, 0.15) is 12.5 Å². The Labute approximate surface area is 99.0 Å². The van der Waals surface area contributed by atoms with Crippen LogP contribution < -0.4 is 4.74 Å². The number of esters is 1. The molecule has 0 aliphatic carbocycles. The minimum Gasteiger partial charge on any atom is -0.497 e. The topological polar surface area (TPSA) is 55.8 Å². The number of hydrogen-bond donors (Lipinski definition) is 1. The molecule has 0 bridgehead atoms. The summed E-state index contributed by atoms with van der Waals surface area (Å²) >= 11 is 0. The highest BCUT2D eigenvalue weighted by atomic mass is 19.1. The van der Waals surface area contributed by atoms with Crippen LogP contribution in [0, 0.1) is 0 Å². The van der Waals surface area contributed by atoms with Crippen molar-refractivity contribution in [2.75, 3.05) is 20.3 Å². The van der Waals surface area contributed by atoms with E-state index in [0.29, 0.717) is 5.75 Å². The first-order chi connectivity index (χ1) is 8.08. The Morgan fingerprint density at radius 1 is 1.41 bits per heavy atom. The lowest BCUT2D eigenvalue weighted by Gasteiger charge is -2.21. The zero-order valence-electron chi connectivity index (χ0n) is 9.77. The van der Waals surface area contributed by atoms with Gasteiger partial charge in [-0.2, -0.15) is 0 Å². The van der Waals surface area contributed by atoms with Crippen LogP contribution in [0.15, 0.2) is 24.3 Å². The van der Waals surface area contributed by atoms with Gasteiger partial charge in [0.2, 0.25) is 0 Å². The zero-order chi connectivity index (χ0) is 12.9. The number of carbonyl (C=O) groups excluding carboxylic acids is 1. The van der Waals surface area contributed by atoms with Gasteiger partial charge in [-0.3, -0.25) is 0 Å². The summed E-state index contributed by atoms with van der Waals surface area (Å²) in [5.41, 5.74) is -2.48. The third-order valence-corrected chi connectivity index (χ3v) is 2.36. The van der Waals surface area contributed by atoms with Crippen LogP contribution in [-0.4, -0.2) is 31.4 Å². The molecule has 0 saturated carbocycles. The van der Waals surface area contributed by atoms with E-state index >= 15 is 0 Å². The van der Waals surface area contributed by atoms with Gasteiger partial charge in [0, 0.05) is 5.56 Å². The molecule has 0 spiro atoms. The maximum atomic E-state index is 14.3. The Morgan fingerprint density at radius 2 is 2.00 bits per heavy atom. The van der Waals surface area contributed by atoms with Crippen LogP contribution in [0.25, 0.3) is 0 Å². The number of benzene rings is 1. The minimum atomic E-state index is -2.53. The van der Waals surface area contributed by atoms with E-state index in [4.69, 9.17) is 9.84 Å². The molecule has 5 heteroatoms. The highest BCUT2D eigenvalue weighted by Crippen LogP contribution is 2.28. The Balaban J connectivity index is 3.02. The number of aliphatic hydroxyl groups is 1. The predicted molar refractivity (Wildman–Crippen MR) is 59.5 cm³/mol. The maximum Gasteiger partial charge on any atom is 0.351 e. The van der Waals surface area contributed by atoms with E-state index in [2.05, 4.69) is 4.74 Å². The average Bonchev–Trinajstić information content (AvgIpc) is 2.38. The molecule has 1 aromatic carbocycles. The Kier molecular flexibility index (Phi) is 4.45. The van der Waals surface area contributed by atoms with Crippen molar-refractivity contribution < 1.29 is 23.8 Å². The van der Waals surface area contributed by atoms with Crippen LogP contribution >= 0.6 is 0 Å². The van der Waals surface area contributed by atoms with Gasteiger partial charge in [-0.1, -0.05) is 12.1 Å². The molecule has 0 heterocycles. The number of rotatable bonds is 5. The van der Waals surface area contributed by atoms with E-state index in [1.165, 1.54) is 31.4 Å². The third kappa shape index (κ3) is 2.74. The summed E-state index contributed by atoms with van der Waals surface area (Å²) in [6, 6.07) is 5.79. The summed E-state index contributed by atoms with van der Waals surface area (Å²) in [6.45, 7) is 0.669. The normalized spacial score (nSPS) is 13.9. The van der Waals surface area contributed by atoms with Gasteiger partial charge in [0.25, 0.3) is 5.67 Å². The number of alkyl halides is 1. The molecule has 0 aliphatic heterocycles. The van der Waals surface area contributed by atoms with Gasteiger partial charge in [0.1, 0.15) is 5.75 Å². The van der Waals surface area contributed by atoms with Crippen LogP contribution in [0.2, 0.25) is 0 Å². The van der Waals surface area contributed by atoms with E-state index in [-0.39, 0.29) is 12.2 Å². The molecule has 0 aromatic heterocycles. The number of ether oxygens (including phenoxy) is 2. The molecule has 0 radical (unpaired) electrons. The smallest absolute Gasteiger partial charge is 0.351 e. The fourth-order valence-corrected chi connectivity index (χ4v) is 1.37. The molecular formula is C12H15FO4. The summed E-state index contributed by atoms with van der Waals surface area (Å²) in [5.74, 6) is -0.550. The van der Waals surface area contributed by atoms with Crippen molar-refractivity contribution in [3.8, 4) is 5.75 Å². The van der Waals surface area contributed by atoms with Crippen LogP contribution in [-0.2, 0) is 15.2 Å². The third-order valence-electron chi connectivity index (χ3n) is 2.36. The summed E-state index contributed by atoms with van der Waals surface area (Å²) < 4.78 is 23.8. The number of carbonyl (C=O) groups is 1. The second kappa shape index (κ2) is 5.63. The molecule has 17 heavy (non-hydrogen) atoms. The van der Waals surface area contributed by atoms with Gasteiger partial charge < -0.3 is 14.6 Å². The van der Waals surface area contributed by atoms with Crippen molar-refractivity contribution >= 4 is 5.97 Å². The molecule has 0 amide bonds. The first kappa shape index (κ1) is 13.4. The Bertz CT molecular complexity index is 377. The fraction of sp³-hybridized carbons (Fsp3) is 0.417. The molecule has 1 N–H and O–H groups in total. The van der Waals surface area contributed by atoms with Gasteiger partial charge in [0.15, 0.2) is 0 Å².